The Morgan fingerprint density at radius 3 is 2.11 bits per heavy atom. The number of anilines is 2. The van der Waals surface area contributed by atoms with Gasteiger partial charge in [0.15, 0.2) is 0 Å². The number of halogens is 8. The molecule has 1 aliphatic rings. The predicted molar refractivity (Wildman–Crippen MR) is 137 cm³/mol. The van der Waals surface area contributed by atoms with E-state index in [0.717, 1.165) is 12.1 Å². The molecule has 3 aromatic carbocycles. The van der Waals surface area contributed by atoms with E-state index in [1.165, 1.54) is 30.3 Å². The molecule has 1 aliphatic carbocycles. The number of nitrogens with one attached hydrogen (secondary N) is 2. The summed E-state index contributed by atoms with van der Waals surface area (Å²) in [5.41, 5.74) is 0.454. The molecule has 2 N–H and O–H groups in total. The number of benzene rings is 3. The summed E-state index contributed by atoms with van der Waals surface area (Å²) in [5, 5.41) is 5.55. The van der Waals surface area contributed by atoms with Crippen molar-refractivity contribution in [3.63, 3.8) is 0 Å². The van der Waals surface area contributed by atoms with E-state index in [9.17, 15) is 18.4 Å². The fraction of sp³-hybridized carbons (Fsp3) is 0.130. The van der Waals surface area contributed by atoms with E-state index in [2.05, 4.69) is 10.6 Å². The highest BCUT2D eigenvalue weighted by Gasteiger charge is 2.67. The summed E-state index contributed by atoms with van der Waals surface area (Å²) in [6, 6.07) is 9.91. The van der Waals surface area contributed by atoms with Crippen molar-refractivity contribution in [1.29, 1.82) is 0 Å². The molecule has 1 saturated carbocycles. The second-order valence-electron chi connectivity index (χ2n) is 7.69. The van der Waals surface area contributed by atoms with Gasteiger partial charge in [-0.2, -0.15) is 0 Å². The third kappa shape index (κ3) is 5.33. The fourth-order valence-electron chi connectivity index (χ4n) is 3.60. The molecule has 2 atom stereocenters. The Balaban J connectivity index is 1.52. The molecule has 12 heteroatoms. The molecular formula is C23H12Cl6F2N2O2. The predicted octanol–water partition coefficient (Wildman–Crippen LogP) is 8.36. The minimum atomic E-state index is -1.43. The summed E-state index contributed by atoms with van der Waals surface area (Å²) >= 11 is 37.0. The van der Waals surface area contributed by atoms with Gasteiger partial charge in [0, 0.05) is 17.7 Å². The first-order valence-electron chi connectivity index (χ1n) is 9.79. The Kier molecular flexibility index (Phi) is 7.45. The molecule has 2 unspecified atom stereocenters. The summed E-state index contributed by atoms with van der Waals surface area (Å²) in [6.45, 7) is 0. The van der Waals surface area contributed by atoms with Crippen molar-refractivity contribution < 1.29 is 18.4 Å². The highest BCUT2D eigenvalue weighted by Crippen LogP contribution is 2.65. The van der Waals surface area contributed by atoms with Crippen LogP contribution in [-0.4, -0.2) is 16.1 Å². The minimum absolute atomic E-state index is 0.0433. The van der Waals surface area contributed by atoms with E-state index < -0.39 is 39.6 Å². The van der Waals surface area contributed by atoms with Crippen LogP contribution in [0.2, 0.25) is 20.1 Å². The lowest BCUT2D eigenvalue weighted by Gasteiger charge is -2.11. The molecule has 0 heterocycles. The number of carbonyl (C=O) groups is 2. The van der Waals surface area contributed by atoms with E-state index in [1.54, 1.807) is 0 Å². The minimum Gasteiger partial charge on any atom is -0.326 e. The van der Waals surface area contributed by atoms with Crippen LogP contribution in [0.4, 0.5) is 20.2 Å². The van der Waals surface area contributed by atoms with E-state index in [0.29, 0.717) is 11.6 Å². The third-order valence-corrected chi connectivity index (χ3v) is 7.83. The Hall–Kier alpha value is -1.80. The summed E-state index contributed by atoms with van der Waals surface area (Å²) in [5.74, 6) is -4.52. The molecule has 4 nitrogen and oxygen atoms in total. The molecule has 4 rings (SSSR count). The van der Waals surface area contributed by atoms with Crippen LogP contribution in [0.5, 0.6) is 0 Å². The van der Waals surface area contributed by atoms with Crippen molar-refractivity contribution in [2.45, 2.75) is 10.3 Å². The summed E-state index contributed by atoms with van der Waals surface area (Å²) in [4.78, 5) is 25.6. The maximum Gasteiger partial charge on any atom is 0.257 e. The molecule has 2 amide bonds. The van der Waals surface area contributed by atoms with Gasteiger partial charge in [-0.15, -0.1) is 23.2 Å². The SMILES string of the molecule is O=C(Nc1ccc(F)cc1F)c1cc(NC(=O)C2C(c3cc(Cl)c(Cl)c(Cl)c3)C2(Cl)Cl)ccc1Cl. The van der Waals surface area contributed by atoms with Gasteiger partial charge in [-0.05, 0) is 48.0 Å². The average molecular weight is 599 g/mol. The molecule has 0 saturated heterocycles. The molecule has 0 spiro atoms. The van der Waals surface area contributed by atoms with Gasteiger partial charge in [0.2, 0.25) is 5.91 Å². The van der Waals surface area contributed by atoms with E-state index >= 15 is 0 Å². The first-order valence-corrected chi connectivity index (χ1v) is 12.1. The largest absolute Gasteiger partial charge is 0.326 e. The zero-order chi connectivity index (χ0) is 25.7. The first-order chi connectivity index (χ1) is 16.4. The second-order valence-corrected chi connectivity index (χ2v) is 10.7. The van der Waals surface area contributed by atoms with Crippen LogP contribution in [0.15, 0.2) is 48.5 Å². The molecule has 3 aromatic rings. The molecule has 182 valence electrons. The van der Waals surface area contributed by atoms with Crippen LogP contribution < -0.4 is 10.6 Å². The molecule has 0 aromatic heterocycles. The molecule has 0 bridgehead atoms. The number of amides is 2. The lowest BCUT2D eigenvalue weighted by atomic mass is 10.1. The number of hydrogen-bond donors (Lipinski definition) is 2. The second kappa shape index (κ2) is 9.92. The average Bonchev–Trinajstić information content (AvgIpc) is 3.37. The number of hydrogen-bond acceptors (Lipinski definition) is 2. The molecule has 0 radical (unpaired) electrons. The van der Waals surface area contributed by atoms with Crippen molar-refractivity contribution in [3.8, 4) is 0 Å². The fourth-order valence-corrected chi connectivity index (χ4v) is 5.24. The first kappa shape index (κ1) is 26.3. The maximum atomic E-state index is 13.9. The van der Waals surface area contributed by atoms with Crippen LogP contribution in [0.3, 0.4) is 0 Å². The van der Waals surface area contributed by atoms with Crippen molar-refractivity contribution in [2.24, 2.45) is 5.92 Å². The third-order valence-electron chi connectivity index (χ3n) is 5.36. The van der Waals surface area contributed by atoms with Gasteiger partial charge in [0.25, 0.3) is 5.91 Å². The van der Waals surface area contributed by atoms with Crippen LogP contribution >= 0.6 is 69.6 Å². The smallest absolute Gasteiger partial charge is 0.257 e. The lowest BCUT2D eigenvalue weighted by molar-refractivity contribution is -0.117. The van der Waals surface area contributed by atoms with Crippen molar-refractivity contribution in [3.05, 3.63) is 91.4 Å². The Labute approximate surface area is 228 Å². The summed E-state index contributed by atoms with van der Waals surface area (Å²) in [7, 11) is 0. The number of alkyl halides is 2. The molecule has 1 fully saturated rings. The van der Waals surface area contributed by atoms with Crippen molar-refractivity contribution in [2.75, 3.05) is 10.6 Å². The van der Waals surface area contributed by atoms with Gasteiger partial charge in [-0.1, -0.05) is 46.4 Å². The number of rotatable bonds is 5. The zero-order valence-electron chi connectivity index (χ0n) is 17.1. The molecule has 0 aliphatic heterocycles. The van der Waals surface area contributed by atoms with Crippen molar-refractivity contribution in [1.82, 2.24) is 0 Å². The Bertz CT molecular complexity index is 1340. The normalized spacial score (nSPS) is 18.2. The van der Waals surface area contributed by atoms with Gasteiger partial charge >= 0.3 is 0 Å². The topological polar surface area (TPSA) is 58.2 Å². The van der Waals surface area contributed by atoms with Crippen LogP contribution in [-0.2, 0) is 4.79 Å². The highest BCUT2D eigenvalue weighted by molar-refractivity contribution is 6.54. The highest BCUT2D eigenvalue weighted by atomic mass is 35.5. The monoisotopic (exact) mass is 596 g/mol. The molecule has 35 heavy (non-hydrogen) atoms. The Morgan fingerprint density at radius 2 is 1.49 bits per heavy atom. The number of carbonyl (C=O) groups excluding carboxylic acids is 2. The van der Waals surface area contributed by atoms with Crippen molar-refractivity contribution >= 4 is 92.8 Å². The standard InChI is InChI=1S/C23H12Cl6F2N2O2/c24-13-3-2-11(8-12(13)21(34)33-17-4-1-10(30)7-16(17)31)32-22(35)19-18(23(19,28)29)9-5-14(25)20(27)15(26)6-9/h1-8,18-19H,(H,32,35)(H,33,34). The quantitative estimate of drug-likeness (QED) is 0.229. The lowest BCUT2D eigenvalue weighted by Crippen LogP contribution is -2.18. The van der Waals surface area contributed by atoms with Gasteiger partial charge < -0.3 is 10.6 Å². The maximum absolute atomic E-state index is 13.9. The summed E-state index contributed by atoms with van der Waals surface area (Å²) < 4.78 is 25.6. The Morgan fingerprint density at radius 1 is 0.829 bits per heavy atom. The summed E-state index contributed by atoms with van der Waals surface area (Å²) in [6.07, 6.45) is 0. The zero-order valence-corrected chi connectivity index (χ0v) is 21.6. The van der Waals surface area contributed by atoms with E-state index in [-0.39, 0.29) is 37.0 Å². The van der Waals surface area contributed by atoms with Crippen LogP contribution in [0, 0.1) is 17.6 Å². The van der Waals surface area contributed by atoms with Gasteiger partial charge in [-0.3, -0.25) is 9.59 Å². The van der Waals surface area contributed by atoms with Gasteiger partial charge in [0.05, 0.1) is 37.3 Å². The molecular weight excluding hydrogens is 587 g/mol. The van der Waals surface area contributed by atoms with Gasteiger partial charge in [-0.25, -0.2) is 8.78 Å². The van der Waals surface area contributed by atoms with Crippen LogP contribution in [0.25, 0.3) is 0 Å². The van der Waals surface area contributed by atoms with E-state index in [4.69, 9.17) is 69.6 Å². The van der Waals surface area contributed by atoms with Crippen LogP contribution in [0.1, 0.15) is 21.8 Å². The van der Waals surface area contributed by atoms with E-state index in [1.807, 2.05) is 0 Å². The van der Waals surface area contributed by atoms with Gasteiger partial charge in [0.1, 0.15) is 16.0 Å².